The summed E-state index contributed by atoms with van der Waals surface area (Å²) in [6, 6.07) is 0. The van der Waals surface area contributed by atoms with Gasteiger partial charge in [-0.1, -0.05) is 41.5 Å². The lowest BCUT2D eigenvalue weighted by Crippen LogP contribution is -2.40. The van der Waals surface area contributed by atoms with Crippen molar-refractivity contribution < 1.29 is 34.1 Å². The second-order valence-corrected chi connectivity index (χ2v) is 8.85. The Morgan fingerprint density at radius 3 is 1.96 bits per heavy atom. The predicted molar refractivity (Wildman–Crippen MR) is 88.5 cm³/mol. The van der Waals surface area contributed by atoms with E-state index in [0.29, 0.717) is 6.42 Å². The zero-order valence-electron chi connectivity index (χ0n) is 15.7. The van der Waals surface area contributed by atoms with E-state index in [2.05, 4.69) is 0 Å². The molecule has 0 aromatic heterocycles. The number of rotatable bonds is 7. The Balaban J connectivity index is 3.15. The smallest absolute Gasteiger partial charge is 0.318 e. The molecule has 1 heterocycles. The quantitative estimate of drug-likeness (QED) is 0.531. The lowest BCUT2D eigenvalue weighted by molar-refractivity contribution is -0.157. The summed E-state index contributed by atoms with van der Waals surface area (Å²) < 4.78 is 4.83. The summed E-state index contributed by atoms with van der Waals surface area (Å²) >= 11 is 0. The molecule has 4 atom stereocenters. The molecule has 0 aromatic rings. The molecule has 1 saturated heterocycles. The van der Waals surface area contributed by atoms with Crippen LogP contribution in [-0.2, 0) is 23.9 Å². The van der Waals surface area contributed by atoms with Crippen LogP contribution in [0.15, 0.2) is 0 Å². The van der Waals surface area contributed by atoms with Crippen molar-refractivity contribution in [3.8, 4) is 0 Å². The molecule has 0 aromatic carbocycles. The molecule has 1 aliphatic rings. The molecule has 25 heavy (non-hydrogen) atoms. The average Bonchev–Trinajstić information content (AvgIpc) is 2.68. The van der Waals surface area contributed by atoms with Gasteiger partial charge in [0.1, 0.15) is 0 Å². The van der Waals surface area contributed by atoms with E-state index < -0.39 is 53.0 Å². The van der Waals surface area contributed by atoms with Crippen LogP contribution in [0.4, 0.5) is 0 Å². The van der Waals surface area contributed by atoms with E-state index in [1.165, 1.54) is 6.92 Å². The first-order valence-electron chi connectivity index (χ1n) is 8.38. The van der Waals surface area contributed by atoms with Gasteiger partial charge in [-0.25, -0.2) is 0 Å². The van der Waals surface area contributed by atoms with E-state index in [-0.39, 0.29) is 11.8 Å². The van der Waals surface area contributed by atoms with Crippen LogP contribution in [-0.4, -0.2) is 34.1 Å². The summed E-state index contributed by atoms with van der Waals surface area (Å²) in [5.74, 6) is -7.39. The summed E-state index contributed by atoms with van der Waals surface area (Å²) in [5.41, 5.74) is -1.12. The van der Waals surface area contributed by atoms with Crippen LogP contribution in [0.25, 0.3) is 0 Å². The first-order valence-corrected chi connectivity index (χ1v) is 8.38. The van der Waals surface area contributed by atoms with Gasteiger partial charge < -0.3 is 14.9 Å². The molecule has 1 rings (SSSR count). The van der Waals surface area contributed by atoms with Gasteiger partial charge in [0.05, 0.1) is 23.7 Å². The molecule has 2 N–H and O–H groups in total. The van der Waals surface area contributed by atoms with Crippen LogP contribution in [0.5, 0.6) is 0 Å². The number of ether oxygens (including phenoxy) is 1. The van der Waals surface area contributed by atoms with E-state index in [0.717, 1.165) is 0 Å². The number of esters is 2. The van der Waals surface area contributed by atoms with Crippen molar-refractivity contribution in [2.75, 3.05) is 0 Å². The van der Waals surface area contributed by atoms with Gasteiger partial charge in [0.2, 0.25) is 0 Å². The Morgan fingerprint density at radius 1 is 1.04 bits per heavy atom. The Bertz CT molecular complexity index is 570. The highest BCUT2D eigenvalue weighted by molar-refractivity contribution is 5.97. The molecule has 0 aliphatic carbocycles. The number of cyclic esters (lactones) is 2. The zero-order chi connectivity index (χ0) is 19.7. The second-order valence-electron chi connectivity index (χ2n) is 8.85. The Hall–Kier alpha value is -1.92. The van der Waals surface area contributed by atoms with Crippen molar-refractivity contribution in [2.45, 2.75) is 54.4 Å². The van der Waals surface area contributed by atoms with Crippen LogP contribution < -0.4 is 0 Å². The average molecular weight is 356 g/mol. The number of carboxylic acids is 2. The third-order valence-corrected chi connectivity index (χ3v) is 4.89. The summed E-state index contributed by atoms with van der Waals surface area (Å²) in [6.07, 6.45) is 0.390. The van der Waals surface area contributed by atoms with Crippen LogP contribution in [0, 0.1) is 34.5 Å². The standard InChI is InChI=1S/C18H28O7/c1-9(13(19)20)10(14(21)22)8-18(5,6)12-11(7-17(2,3)4)15(23)25-16(12)24/h9-12H,7-8H2,1-6H3,(H,19,20)(H,21,22). The molecular weight excluding hydrogens is 328 g/mol. The van der Waals surface area contributed by atoms with E-state index in [1.807, 2.05) is 20.8 Å². The maximum atomic E-state index is 12.3. The van der Waals surface area contributed by atoms with E-state index in [9.17, 15) is 24.3 Å². The molecule has 0 bridgehead atoms. The van der Waals surface area contributed by atoms with Crippen LogP contribution in [0.3, 0.4) is 0 Å². The minimum Gasteiger partial charge on any atom is -0.481 e. The molecule has 142 valence electrons. The molecular formula is C18H28O7. The first kappa shape index (κ1) is 21.1. The molecule has 1 fully saturated rings. The number of carbonyl (C=O) groups is 4. The largest absolute Gasteiger partial charge is 0.481 e. The van der Waals surface area contributed by atoms with E-state index in [1.54, 1.807) is 13.8 Å². The SMILES string of the molecule is CC(C(=O)O)C(CC(C)(C)C1C(=O)OC(=O)C1CC(C)(C)C)C(=O)O. The van der Waals surface area contributed by atoms with Gasteiger partial charge in [-0.05, 0) is 23.7 Å². The zero-order valence-corrected chi connectivity index (χ0v) is 15.7. The maximum absolute atomic E-state index is 12.3. The van der Waals surface area contributed by atoms with Crippen molar-refractivity contribution in [2.24, 2.45) is 34.5 Å². The first-order chi connectivity index (χ1) is 11.2. The highest BCUT2D eigenvalue weighted by Crippen LogP contribution is 2.47. The van der Waals surface area contributed by atoms with Gasteiger partial charge in [-0.3, -0.25) is 19.2 Å². The highest BCUT2D eigenvalue weighted by atomic mass is 16.6. The fraction of sp³-hybridized carbons (Fsp3) is 0.778. The van der Waals surface area contributed by atoms with Gasteiger partial charge in [-0.2, -0.15) is 0 Å². The number of carbonyl (C=O) groups excluding carboxylic acids is 2. The molecule has 0 spiro atoms. The fourth-order valence-electron chi connectivity index (χ4n) is 3.61. The molecule has 1 aliphatic heterocycles. The minimum absolute atomic E-state index is 0.0382. The lowest BCUT2D eigenvalue weighted by Gasteiger charge is -2.36. The molecule has 4 unspecified atom stereocenters. The van der Waals surface area contributed by atoms with Crippen molar-refractivity contribution in [1.29, 1.82) is 0 Å². The topological polar surface area (TPSA) is 118 Å². The molecule has 0 amide bonds. The summed E-state index contributed by atoms with van der Waals surface area (Å²) in [4.78, 5) is 47.2. The number of hydrogen-bond acceptors (Lipinski definition) is 5. The number of aliphatic carboxylic acids is 2. The summed E-state index contributed by atoms with van der Waals surface area (Å²) in [5, 5.41) is 18.6. The van der Waals surface area contributed by atoms with Crippen molar-refractivity contribution in [3.05, 3.63) is 0 Å². The van der Waals surface area contributed by atoms with E-state index >= 15 is 0 Å². The predicted octanol–water partition coefficient (Wildman–Crippen LogP) is 2.58. The molecule has 7 heteroatoms. The molecule has 0 radical (unpaired) electrons. The van der Waals surface area contributed by atoms with Gasteiger partial charge in [-0.15, -0.1) is 0 Å². The molecule has 0 saturated carbocycles. The number of carboxylic acid groups (broad SMARTS) is 2. The minimum atomic E-state index is -1.23. The third-order valence-electron chi connectivity index (χ3n) is 4.89. The second kappa shape index (κ2) is 7.14. The van der Waals surface area contributed by atoms with Gasteiger partial charge in [0.25, 0.3) is 0 Å². The highest BCUT2D eigenvalue weighted by Gasteiger charge is 2.54. The van der Waals surface area contributed by atoms with Crippen molar-refractivity contribution in [1.82, 2.24) is 0 Å². The lowest BCUT2D eigenvalue weighted by atomic mass is 9.64. The summed E-state index contributed by atoms with van der Waals surface area (Å²) in [7, 11) is 0. The van der Waals surface area contributed by atoms with Crippen LogP contribution in [0.1, 0.15) is 54.4 Å². The number of hydrogen-bond donors (Lipinski definition) is 2. The Morgan fingerprint density at radius 2 is 1.56 bits per heavy atom. The van der Waals surface area contributed by atoms with Gasteiger partial charge >= 0.3 is 23.9 Å². The van der Waals surface area contributed by atoms with Crippen molar-refractivity contribution in [3.63, 3.8) is 0 Å². The van der Waals surface area contributed by atoms with Crippen LogP contribution >= 0.6 is 0 Å². The molecule has 7 nitrogen and oxygen atoms in total. The summed E-state index contributed by atoms with van der Waals surface area (Å²) in [6.45, 7) is 10.6. The van der Waals surface area contributed by atoms with Crippen LogP contribution in [0.2, 0.25) is 0 Å². The Kier molecular flexibility index (Phi) is 6.03. The monoisotopic (exact) mass is 356 g/mol. The van der Waals surface area contributed by atoms with Gasteiger partial charge in [0.15, 0.2) is 0 Å². The van der Waals surface area contributed by atoms with E-state index in [4.69, 9.17) is 9.84 Å². The third kappa shape index (κ3) is 5.03. The fourth-order valence-corrected chi connectivity index (χ4v) is 3.61. The maximum Gasteiger partial charge on any atom is 0.318 e. The Labute approximate surface area is 147 Å². The normalized spacial score (nSPS) is 23.9. The van der Waals surface area contributed by atoms with Crippen molar-refractivity contribution >= 4 is 23.9 Å². The van der Waals surface area contributed by atoms with Gasteiger partial charge in [0, 0.05) is 0 Å².